The summed E-state index contributed by atoms with van der Waals surface area (Å²) in [5, 5.41) is 0. The summed E-state index contributed by atoms with van der Waals surface area (Å²) in [5.41, 5.74) is 3.05. The van der Waals surface area contributed by atoms with Gasteiger partial charge in [-0.1, -0.05) is 23.3 Å². The average Bonchev–Trinajstić information content (AvgIpc) is 2.73. The van der Waals surface area contributed by atoms with Crippen LogP contribution < -0.4 is 9.64 Å². The van der Waals surface area contributed by atoms with Crippen molar-refractivity contribution in [3.63, 3.8) is 0 Å². The molecular formula is C18H21NO3. The molecule has 116 valence electrons. The molecule has 1 heterocycles. The molecule has 4 heteroatoms. The van der Waals surface area contributed by atoms with Crippen molar-refractivity contribution >= 4 is 17.5 Å². The highest BCUT2D eigenvalue weighted by Gasteiger charge is 2.50. The normalized spacial score (nSPS) is 24.8. The lowest BCUT2D eigenvalue weighted by Crippen LogP contribution is -2.31. The first kappa shape index (κ1) is 14.8. The van der Waals surface area contributed by atoms with Crippen LogP contribution in [-0.4, -0.2) is 18.4 Å². The smallest absolute Gasteiger partial charge is 0.238 e. The number of rotatable bonds is 3. The van der Waals surface area contributed by atoms with Gasteiger partial charge in [0.25, 0.3) is 0 Å². The summed E-state index contributed by atoms with van der Waals surface area (Å²) in [5.74, 6) is -0.0217. The molecule has 1 aromatic rings. The largest absolute Gasteiger partial charge is 0.492 e. The number of carbonyl (C=O) groups is 2. The number of imide groups is 1. The van der Waals surface area contributed by atoms with Gasteiger partial charge in [-0.05, 0) is 45.7 Å². The van der Waals surface area contributed by atoms with E-state index in [-0.39, 0.29) is 23.7 Å². The Labute approximate surface area is 130 Å². The van der Waals surface area contributed by atoms with E-state index in [1.807, 2.05) is 19.1 Å². The third kappa shape index (κ3) is 2.23. The number of benzene rings is 1. The van der Waals surface area contributed by atoms with E-state index in [1.54, 1.807) is 12.1 Å². The number of para-hydroxylation sites is 2. The lowest BCUT2D eigenvalue weighted by Gasteiger charge is -2.23. The zero-order valence-corrected chi connectivity index (χ0v) is 13.3. The summed E-state index contributed by atoms with van der Waals surface area (Å²) in [6.07, 6.45) is 1.38. The van der Waals surface area contributed by atoms with Crippen molar-refractivity contribution in [2.24, 2.45) is 11.8 Å². The van der Waals surface area contributed by atoms with Crippen LogP contribution in [0.15, 0.2) is 35.4 Å². The first-order chi connectivity index (χ1) is 10.5. The van der Waals surface area contributed by atoms with Crippen molar-refractivity contribution in [1.29, 1.82) is 0 Å². The molecule has 0 N–H and O–H groups in total. The fourth-order valence-corrected chi connectivity index (χ4v) is 3.41. The lowest BCUT2D eigenvalue weighted by molar-refractivity contribution is -0.122. The molecule has 1 aliphatic heterocycles. The number of hydrogen-bond donors (Lipinski definition) is 0. The van der Waals surface area contributed by atoms with Crippen LogP contribution in [0.25, 0.3) is 0 Å². The van der Waals surface area contributed by atoms with Gasteiger partial charge in [0.1, 0.15) is 5.75 Å². The van der Waals surface area contributed by atoms with Crippen LogP contribution in [0, 0.1) is 11.8 Å². The Bertz CT molecular complexity index is 630. The van der Waals surface area contributed by atoms with Crippen LogP contribution in [0.5, 0.6) is 5.75 Å². The Hall–Kier alpha value is -2.10. The van der Waals surface area contributed by atoms with Crippen LogP contribution >= 0.6 is 0 Å². The highest BCUT2D eigenvalue weighted by Crippen LogP contribution is 2.44. The minimum atomic E-state index is -0.217. The summed E-state index contributed by atoms with van der Waals surface area (Å²) in [6, 6.07) is 7.26. The summed E-state index contributed by atoms with van der Waals surface area (Å²) >= 11 is 0. The fourth-order valence-electron chi connectivity index (χ4n) is 3.41. The standard InChI is InChI=1S/C18H21NO3/c1-4-22-16-8-6-5-7-15(16)19-17(20)13-9-11(2)12(3)10-14(13)18(19)21/h5-8,13-14H,4,9-10H2,1-3H3/t13-,14+. The number of ether oxygens (including phenoxy) is 1. The van der Waals surface area contributed by atoms with E-state index in [0.717, 1.165) is 0 Å². The first-order valence-corrected chi connectivity index (χ1v) is 7.79. The number of fused-ring (bicyclic) bond motifs is 1. The molecule has 0 saturated carbocycles. The van der Waals surface area contributed by atoms with Gasteiger partial charge in [0, 0.05) is 0 Å². The Morgan fingerprint density at radius 1 is 1.05 bits per heavy atom. The third-order valence-corrected chi connectivity index (χ3v) is 4.75. The monoisotopic (exact) mass is 299 g/mol. The van der Waals surface area contributed by atoms with Gasteiger partial charge in [-0.2, -0.15) is 0 Å². The predicted molar refractivity (Wildman–Crippen MR) is 84.7 cm³/mol. The third-order valence-electron chi connectivity index (χ3n) is 4.75. The molecule has 3 rings (SSSR count). The van der Waals surface area contributed by atoms with Gasteiger partial charge in [0.15, 0.2) is 0 Å². The van der Waals surface area contributed by atoms with Crippen LogP contribution in [-0.2, 0) is 9.59 Å². The van der Waals surface area contributed by atoms with E-state index in [4.69, 9.17) is 4.74 Å². The number of nitrogens with zero attached hydrogens (tertiary/aromatic N) is 1. The molecule has 1 aromatic carbocycles. The van der Waals surface area contributed by atoms with Gasteiger partial charge < -0.3 is 4.74 Å². The molecule has 0 radical (unpaired) electrons. The SMILES string of the molecule is CCOc1ccccc1N1C(=O)[C@H]2CC(C)=C(C)C[C@H]2C1=O. The maximum absolute atomic E-state index is 12.8. The van der Waals surface area contributed by atoms with Gasteiger partial charge in [-0.15, -0.1) is 0 Å². The summed E-state index contributed by atoms with van der Waals surface area (Å²) < 4.78 is 5.59. The maximum Gasteiger partial charge on any atom is 0.238 e. The minimum absolute atomic E-state index is 0.0889. The van der Waals surface area contributed by atoms with Gasteiger partial charge in [-0.3, -0.25) is 9.59 Å². The molecule has 1 fully saturated rings. The molecule has 0 spiro atoms. The van der Waals surface area contributed by atoms with Crippen molar-refractivity contribution in [2.45, 2.75) is 33.6 Å². The van der Waals surface area contributed by atoms with Crippen molar-refractivity contribution in [1.82, 2.24) is 0 Å². The van der Waals surface area contributed by atoms with Gasteiger partial charge in [0.2, 0.25) is 11.8 Å². The van der Waals surface area contributed by atoms with Crippen LogP contribution in [0.4, 0.5) is 5.69 Å². The van der Waals surface area contributed by atoms with E-state index < -0.39 is 0 Å². The summed E-state index contributed by atoms with van der Waals surface area (Å²) in [7, 11) is 0. The average molecular weight is 299 g/mol. The molecule has 0 aromatic heterocycles. The quantitative estimate of drug-likeness (QED) is 0.635. The Balaban J connectivity index is 1.98. The number of hydrogen-bond acceptors (Lipinski definition) is 3. The van der Waals surface area contributed by atoms with Crippen molar-refractivity contribution in [2.75, 3.05) is 11.5 Å². The molecule has 0 unspecified atom stereocenters. The summed E-state index contributed by atoms with van der Waals surface area (Å²) in [6.45, 7) is 6.50. The van der Waals surface area contributed by atoms with Crippen LogP contribution in [0.2, 0.25) is 0 Å². The highest BCUT2D eigenvalue weighted by atomic mass is 16.5. The molecular weight excluding hydrogens is 278 g/mol. The van der Waals surface area contributed by atoms with Gasteiger partial charge >= 0.3 is 0 Å². The lowest BCUT2D eigenvalue weighted by atomic mass is 9.78. The second-order valence-corrected chi connectivity index (χ2v) is 6.09. The molecule has 2 aliphatic rings. The van der Waals surface area contributed by atoms with Crippen LogP contribution in [0.3, 0.4) is 0 Å². The van der Waals surface area contributed by atoms with Gasteiger partial charge in [0.05, 0.1) is 24.1 Å². The molecule has 2 atom stereocenters. The van der Waals surface area contributed by atoms with E-state index in [2.05, 4.69) is 13.8 Å². The van der Waals surface area contributed by atoms with E-state index in [1.165, 1.54) is 16.0 Å². The first-order valence-electron chi connectivity index (χ1n) is 7.79. The van der Waals surface area contributed by atoms with Gasteiger partial charge in [-0.25, -0.2) is 4.90 Å². The van der Waals surface area contributed by atoms with E-state index in [9.17, 15) is 9.59 Å². The van der Waals surface area contributed by atoms with Crippen molar-refractivity contribution < 1.29 is 14.3 Å². The maximum atomic E-state index is 12.8. The second kappa shape index (κ2) is 5.59. The van der Waals surface area contributed by atoms with Crippen molar-refractivity contribution in [3.8, 4) is 5.75 Å². The molecule has 0 bridgehead atoms. The molecule has 1 saturated heterocycles. The number of allylic oxidation sites excluding steroid dienone is 2. The number of anilines is 1. The Kier molecular flexibility index (Phi) is 3.77. The Morgan fingerprint density at radius 2 is 1.59 bits per heavy atom. The zero-order valence-electron chi connectivity index (χ0n) is 13.3. The topological polar surface area (TPSA) is 46.6 Å². The number of carbonyl (C=O) groups excluding carboxylic acids is 2. The van der Waals surface area contributed by atoms with Crippen LogP contribution in [0.1, 0.15) is 33.6 Å². The molecule has 4 nitrogen and oxygen atoms in total. The molecule has 22 heavy (non-hydrogen) atoms. The fraction of sp³-hybridized carbons (Fsp3) is 0.444. The molecule has 2 amide bonds. The second-order valence-electron chi connectivity index (χ2n) is 6.09. The predicted octanol–water partition coefficient (Wildman–Crippen LogP) is 3.32. The minimum Gasteiger partial charge on any atom is -0.492 e. The zero-order chi connectivity index (χ0) is 15.9. The summed E-state index contributed by atoms with van der Waals surface area (Å²) in [4.78, 5) is 26.9. The van der Waals surface area contributed by atoms with Crippen molar-refractivity contribution in [3.05, 3.63) is 35.4 Å². The Morgan fingerprint density at radius 3 is 2.14 bits per heavy atom. The number of amides is 2. The van der Waals surface area contributed by atoms with E-state index in [0.29, 0.717) is 30.9 Å². The highest BCUT2D eigenvalue weighted by molar-refractivity contribution is 6.23. The van der Waals surface area contributed by atoms with E-state index >= 15 is 0 Å². The molecule has 1 aliphatic carbocycles.